The summed E-state index contributed by atoms with van der Waals surface area (Å²) in [6, 6.07) is 29.5. The number of rotatable bonds is 9. The Kier molecular flexibility index (Phi) is 7.01. The van der Waals surface area contributed by atoms with Crippen LogP contribution in [0, 0.1) is 0 Å². The molecule has 0 aliphatic rings. The summed E-state index contributed by atoms with van der Waals surface area (Å²) in [5.41, 5.74) is 2.56. The standard InChI is InChI=1S/C24H27NO2S/c1-20(19-28(26,27)23-15-9-4-10-16-23)25-18-17-24(21-11-5-2-6-12-21)22-13-7-3-8-14-22/h2-16,20,24-25H,17-19H2,1H3. The summed E-state index contributed by atoms with van der Waals surface area (Å²) in [6.07, 6.45) is 0.906. The Bertz CT molecular complexity index is 902. The van der Waals surface area contributed by atoms with Crippen molar-refractivity contribution in [3.05, 3.63) is 102 Å². The molecule has 28 heavy (non-hydrogen) atoms. The second-order valence-electron chi connectivity index (χ2n) is 7.11. The van der Waals surface area contributed by atoms with E-state index in [1.165, 1.54) is 11.1 Å². The van der Waals surface area contributed by atoms with Crippen LogP contribution in [-0.2, 0) is 9.84 Å². The van der Waals surface area contributed by atoms with Gasteiger partial charge in [-0.15, -0.1) is 0 Å². The van der Waals surface area contributed by atoms with Crippen molar-refractivity contribution in [1.82, 2.24) is 5.32 Å². The summed E-state index contributed by atoms with van der Waals surface area (Å²) >= 11 is 0. The lowest BCUT2D eigenvalue weighted by Crippen LogP contribution is -2.34. The van der Waals surface area contributed by atoms with Gasteiger partial charge in [0.1, 0.15) is 0 Å². The van der Waals surface area contributed by atoms with Crippen LogP contribution in [0.15, 0.2) is 95.9 Å². The van der Waals surface area contributed by atoms with Crippen molar-refractivity contribution in [2.45, 2.75) is 30.2 Å². The van der Waals surface area contributed by atoms with Gasteiger partial charge in [-0.2, -0.15) is 0 Å². The minimum Gasteiger partial charge on any atom is -0.313 e. The molecule has 1 atom stereocenters. The van der Waals surface area contributed by atoms with Crippen LogP contribution in [0.5, 0.6) is 0 Å². The molecule has 0 heterocycles. The zero-order valence-electron chi connectivity index (χ0n) is 16.2. The Labute approximate surface area is 168 Å². The summed E-state index contributed by atoms with van der Waals surface area (Å²) in [7, 11) is -3.28. The van der Waals surface area contributed by atoms with Gasteiger partial charge in [0.15, 0.2) is 9.84 Å². The molecule has 3 aromatic carbocycles. The Balaban J connectivity index is 1.61. The third-order valence-corrected chi connectivity index (χ3v) is 6.83. The maximum Gasteiger partial charge on any atom is 0.179 e. The van der Waals surface area contributed by atoms with Gasteiger partial charge in [-0.1, -0.05) is 78.9 Å². The van der Waals surface area contributed by atoms with Gasteiger partial charge < -0.3 is 5.32 Å². The lowest BCUT2D eigenvalue weighted by atomic mass is 9.88. The molecule has 4 heteroatoms. The van der Waals surface area contributed by atoms with E-state index >= 15 is 0 Å². The second kappa shape index (κ2) is 9.67. The Morgan fingerprint density at radius 3 is 1.71 bits per heavy atom. The molecule has 0 aromatic heterocycles. The molecule has 3 rings (SSSR count). The third kappa shape index (κ3) is 5.54. The van der Waals surface area contributed by atoms with Crippen LogP contribution in [0.2, 0.25) is 0 Å². The minimum atomic E-state index is -3.28. The summed E-state index contributed by atoms with van der Waals surface area (Å²) in [5, 5.41) is 3.40. The van der Waals surface area contributed by atoms with Gasteiger partial charge in [-0.05, 0) is 43.1 Å². The van der Waals surface area contributed by atoms with E-state index in [-0.39, 0.29) is 17.7 Å². The van der Waals surface area contributed by atoms with Crippen LogP contribution >= 0.6 is 0 Å². The normalized spacial score (nSPS) is 12.8. The summed E-state index contributed by atoms with van der Waals surface area (Å²) in [4.78, 5) is 0.384. The van der Waals surface area contributed by atoms with Crippen molar-refractivity contribution >= 4 is 9.84 Å². The highest BCUT2D eigenvalue weighted by molar-refractivity contribution is 7.91. The van der Waals surface area contributed by atoms with Gasteiger partial charge in [0.2, 0.25) is 0 Å². The van der Waals surface area contributed by atoms with Crippen molar-refractivity contribution in [3.8, 4) is 0 Å². The predicted octanol–water partition coefficient (Wildman–Crippen LogP) is 4.66. The van der Waals surface area contributed by atoms with Gasteiger partial charge in [0, 0.05) is 12.0 Å². The van der Waals surface area contributed by atoms with Gasteiger partial charge in [-0.3, -0.25) is 0 Å². The number of sulfone groups is 1. The van der Waals surface area contributed by atoms with E-state index in [9.17, 15) is 8.42 Å². The first-order valence-electron chi connectivity index (χ1n) is 9.67. The highest BCUT2D eigenvalue weighted by atomic mass is 32.2. The van der Waals surface area contributed by atoms with Crippen molar-refractivity contribution in [1.29, 1.82) is 0 Å². The topological polar surface area (TPSA) is 46.2 Å². The van der Waals surface area contributed by atoms with E-state index in [1.54, 1.807) is 24.3 Å². The summed E-state index contributed by atoms with van der Waals surface area (Å²) in [6.45, 7) is 2.68. The van der Waals surface area contributed by atoms with Crippen molar-refractivity contribution in [3.63, 3.8) is 0 Å². The van der Waals surface area contributed by atoms with Crippen molar-refractivity contribution in [2.75, 3.05) is 12.3 Å². The smallest absolute Gasteiger partial charge is 0.179 e. The van der Waals surface area contributed by atoms with Crippen LogP contribution in [-0.4, -0.2) is 26.8 Å². The van der Waals surface area contributed by atoms with Crippen LogP contribution in [0.25, 0.3) is 0 Å². The molecule has 0 aliphatic heterocycles. The first kappa shape index (κ1) is 20.3. The molecule has 1 unspecified atom stereocenters. The summed E-state index contributed by atoms with van der Waals surface area (Å²) < 4.78 is 25.1. The quantitative estimate of drug-likeness (QED) is 0.575. The molecule has 0 bridgehead atoms. The first-order valence-corrected chi connectivity index (χ1v) is 11.3. The monoisotopic (exact) mass is 393 g/mol. The molecule has 0 saturated heterocycles. The van der Waals surface area contributed by atoms with E-state index < -0.39 is 9.84 Å². The van der Waals surface area contributed by atoms with Crippen LogP contribution in [0.1, 0.15) is 30.4 Å². The fourth-order valence-corrected chi connectivity index (χ4v) is 5.02. The van der Waals surface area contributed by atoms with Crippen LogP contribution in [0.4, 0.5) is 0 Å². The highest BCUT2D eigenvalue weighted by Gasteiger charge is 2.19. The SMILES string of the molecule is CC(CS(=O)(=O)c1ccccc1)NCCC(c1ccccc1)c1ccccc1. The van der Waals surface area contributed by atoms with Crippen LogP contribution < -0.4 is 5.32 Å². The molecule has 0 spiro atoms. The van der Waals surface area contributed by atoms with E-state index in [0.29, 0.717) is 4.90 Å². The fourth-order valence-electron chi connectivity index (χ4n) is 3.48. The zero-order chi connectivity index (χ0) is 19.8. The van der Waals surface area contributed by atoms with E-state index in [2.05, 4.69) is 53.8 Å². The molecule has 0 amide bonds. The maximum atomic E-state index is 12.5. The first-order chi connectivity index (χ1) is 13.6. The van der Waals surface area contributed by atoms with Crippen molar-refractivity contribution in [2.24, 2.45) is 0 Å². The van der Waals surface area contributed by atoms with Crippen molar-refractivity contribution < 1.29 is 8.42 Å². The Morgan fingerprint density at radius 2 is 1.21 bits per heavy atom. The Morgan fingerprint density at radius 1 is 0.750 bits per heavy atom. The van der Waals surface area contributed by atoms with E-state index in [0.717, 1.165) is 13.0 Å². The number of benzene rings is 3. The van der Waals surface area contributed by atoms with Gasteiger partial charge in [0.05, 0.1) is 10.6 Å². The molecule has 0 radical (unpaired) electrons. The van der Waals surface area contributed by atoms with E-state index in [1.807, 2.05) is 25.1 Å². The molecule has 1 N–H and O–H groups in total. The molecule has 146 valence electrons. The highest BCUT2D eigenvalue weighted by Crippen LogP contribution is 2.27. The molecule has 0 aliphatic carbocycles. The minimum absolute atomic E-state index is 0.0956. The van der Waals surface area contributed by atoms with Gasteiger partial charge >= 0.3 is 0 Å². The van der Waals surface area contributed by atoms with E-state index in [4.69, 9.17) is 0 Å². The average molecular weight is 394 g/mol. The molecular weight excluding hydrogens is 366 g/mol. The Hall–Kier alpha value is -2.43. The largest absolute Gasteiger partial charge is 0.313 e. The third-order valence-electron chi connectivity index (χ3n) is 4.90. The molecular formula is C24H27NO2S. The predicted molar refractivity (Wildman–Crippen MR) is 115 cm³/mol. The fraction of sp³-hybridized carbons (Fsp3) is 0.250. The second-order valence-corrected chi connectivity index (χ2v) is 9.15. The summed E-state index contributed by atoms with van der Waals surface area (Å²) in [5.74, 6) is 0.381. The number of hydrogen-bond acceptors (Lipinski definition) is 3. The average Bonchev–Trinajstić information content (AvgIpc) is 2.73. The molecule has 3 aromatic rings. The lowest BCUT2D eigenvalue weighted by molar-refractivity contribution is 0.536. The molecule has 0 saturated carbocycles. The number of hydrogen-bond donors (Lipinski definition) is 1. The molecule has 3 nitrogen and oxygen atoms in total. The lowest BCUT2D eigenvalue weighted by Gasteiger charge is -2.20. The maximum absolute atomic E-state index is 12.5. The van der Waals surface area contributed by atoms with Gasteiger partial charge in [0.25, 0.3) is 0 Å². The zero-order valence-corrected chi connectivity index (χ0v) is 17.0. The van der Waals surface area contributed by atoms with Crippen LogP contribution in [0.3, 0.4) is 0 Å². The van der Waals surface area contributed by atoms with Gasteiger partial charge in [-0.25, -0.2) is 8.42 Å². The molecule has 0 fully saturated rings. The number of nitrogens with one attached hydrogen (secondary N) is 1.